The van der Waals surface area contributed by atoms with Crippen LogP contribution in [0.4, 0.5) is 0 Å². The number of carbonyl (C=O) groups is 1. The molecule has 0 amide bonds. The van der Waals surface area contributed by atoms with E-state index < -0.39 is 0 Å². The third-order valence-corrected chi connectivity index (χ3v) is 7.27. The summed E-state index contributed by atoms with van der Waals surface area (Å²) in [7, 11) is 3.97. The van der Waals surface area contributed by atoms with Gasteiger partial charge >= 0.3 is 5.97 Å². The Bertz CT molecular complexity index is 705. The first-order chi connectivity index (χ1) is 12.8. The Balaban J connectivity index is 1.39. The van der Waals surface area contributed by atoms with Crippen molar-refractivity contribution < 1.29 is 9.53 Å². The van der Waals surface area contributed by atoms with Gasteiger partial charge in [-0.1, -0.05) is 82.6 Å². The predicted octanol–water partition coefficient (Wildman–Crippen LogP) is 6.48. The monoisotopic (exact) mass is 384 g/mol. The average molecular weight is 385 g/mol. The minimum atomic E-state index is -0.133. The van der Waals surface area contributed by atoms with Crippen molar-refractivity contribution in [3.05, 3.63) is 65.7 Å². The molecule has 1 aliphatic heterocycles. The van der Waals surface area contributed by atoms with E-state index in [0.29, 0.717) is 12.2 Å². The molecule has 0 bridgehead atoms. The number of esters is 1. The van der Waals surface area contributed by atoms with Crippen LogP contribution in [0.15, 0.2) is 54.6 Å². The Kier molecular flexibility index (Phi) is 7.71. The van der Waals surface area contributed by atoms with Gasteiger partial charge in [0, 0.05) is 17.4 Å². The second kappa shape index (κ2) is 10.5. The molecule has 26 heavy (non-hydrogen) atoms. The van der Waals surface area contributed by atoms with Gasteiger partial charge in [-0.2, -0.15) is 0 Å². The highest BCUT2D eigenvalue weighted by molar-refractivity contribution is 8.77. The second-order valence-electron chi connectivity index (χ2n) is 6.36. The number of rotatable bonds is 8. The van der Waals surface area contributed by atoms with Crippen LogP contribution in [-0.4, -0.2) is 17.0 Å². The van der Waals surface area contributed by atoms with Gasteiger partial charge < -0.3 is 4.74 Å². The number of ether oxygens (including phenoxy) is 1. The first-order valence-electron chi connectivity index (χ1n) is 9.12. The van der Waals surface area contributed by atoms with Crippen molar-refractivity contribution in [2.75, 3.05) is 5.75 Å². The number of benzene rings is 2. The van der Waals surface area contributed by atoms with Crippen LogP contribution >= 0.6 is 21.6 Å². The van der Waals surface area contributed by atoms with E-state index in [-0.39, 0.29) is 5.97 Å². The summed E-state index contributed by atoms with van der Waals surface area (Å²) >= 11 is 0. The predicted molar refractivity (Wildman–Crippen MR) is 114 cm³/mol. The zero-order chi connectivity index (χ0) is 18.0. The maximum Gasteiger partial charge on any atom is 0.311 e. The van der Waals surface area contributed by atoms with E-state index in [4.69, 9.17) is 4.74 Å². The Morgan fingerprint density at radius 1 is 1.00 bits per heavy atom. The molecule has 2 aromatic carbocycles. The SMILES string of the molecule is O=C(CCCCC1CCSS1)Oc1ccc(/C=C/c2ccccc2)cc1. The summed E-state index contributed by atoms with van der Waals surface area (Å²) in [6.07, 6.45) is 9.18. The van der Waals surface area contributed by atoms with Crippen LogP contribution in [0.2, 0.25) is 0 Å². The molecule has 2 aromatic rings. The smallest absolute Gasteiger partial charge is 0.311 e. The first kappa shape index (κ1) is 19.1. The van der Waals surface area contributed by atoms with Crippen molar-refractivity contribution in [2.45, 2.75) is 37.4 Å². The fourth-order valence-electron chi connectivity index (χ4n) is 2.79. The van der Waals surface area contributed by atoms with E-state index in [1.54, 1.807) is 0 Å². The molecule has 1 atom stereocenters. The summed E-state index contributed by atoms with van der Waals surface area (Å²) in [5.41, 5.74) is 2.25. The van der Waals surface area contributed by atoms with Crippen LogP contribution in [0.5, 0.6) is 5.75 Å². The lowest BCUT2D eigenvalue weighted by Crippen LogP contribution is -2.08. The van der Waals surface area contributed by atoms with Crippen LogP contribution in [-0.2, 0) is 4.79 Å². The third kappa shape index (κ3) is 6.58. The molecule has 2 nitrogen and oxygen atoms in total. The van der Waals surface area contributed by atoms with Gasteiger partial charge in [-0.25, -0.2) is 0 Å². The zero-order valence-electron chi connectivity index (χ0n) is 14.8. The molecule has 1 heterocycles. The average Bonchev–Trinajstić information content (AvgIpc) is 3.19. The maximum absolute atomic E-state index is 12.0. The standard InChI is InChI=1S/C22H24O2S2/c23-22(9-5-4-8-21-16-17-25-26-21)24-20-14-12-19(13-15-20)11-10-18-6-2-1-3-7-18/h1-3,6-7,10-15,21H,4-5,8-9,16-17H2/b11-10+. The molecular weight excluding hydrogens is 360 g/mol. The van der Waals surface area contributed by atoms with Crippen molar-refractivity contribution in [3.8, 4) is 5.75 Å². The summed E-state index contributed by atoms with van der Waals surface area (Å²) in [6.45, 7) is 0. The van der Waals surface area contributed by atoms with Crippen molar-refractivity contribution in [1.29, 1.82) is 0 Å². The normalized spacial score (nSPS) is 16.8. The molecule has 0 spiro atoms. The molecular formula is C22H24O2S2. The summed E-state index contributed by atoms with van der Waals surface area (Å²) in [6, 6.07) is 17.8. The second-order valence-corrected chi connectivity index (χ2v) is 9.15. The largest absolute Gasteiger partial charge is 0.427 e. The zero-order valence-corrected chi connectivity index (χ0v) is 16.4. The number of unbranched alkanes of at least 4 members (excludes halogenated alkanes) is 1. The Morgan fingerprint density at radius 2 is 1.73 bits per heavy atom. The molecule has 0 aliphatic carbocycles. The van der Waals surface area contributed by atoms with Crippen molar-refractivity contribution in [2.24, 2.45) is 0 Å². The summed E-state index contributed by atoms with van der Waals surface area (Å²) in [5.74, 6) is 1.76. The topological polar surface area (TPSA) is 26.3 Å². The van der Waals surface area contributed by atoms with Gasteiger partial charge in [-0.3, -0.25) is 4.79 Å². The third-order valence-electron chi connectivity index (χ3n) is 4.26. The highest BCUT2D eigenvalue weighted by atomic mass is 33.1. The van der Waals surface area contributed by atoms with E-state index in [0.717, 1.165) is 29.2 Å². The van der Waals surface area contributed by atoms with Crippen molar-refractivity contribution >= 4 is 39.7 Å². The van der Waals surface area contributed by atoms with Gasteiger partial charge in [0.05, 0.1) is 0 Å². The van der Waals surface area contributed by atoms with Gasteiger partial charge in [-0.15, -0.1) is 0 Å². The lowest BCUT2D eigenvalue weighted by Gasteiger charge is -2.07. The maximum atomic E-state index is 12.0. The Labute approximate surface area is 163 Å². The van der Waals surface area contributed by atoms with Crippen LogP contribution in [0.1, 0.15) is 43.2 Å². The van der Waals surface area contributed by atoms with Gasteiger partial charge in [0.1, 0.15) is 5.75 Å². The molecule has 136 valence electrons. The fraction of sp³-hybridized carbons (Fsp3) is 0.318. The lowest BCUT2D eigenvalue weighted by molar-refractivity contribution is -0.134. The highest BCUT2D eigenvalue weighted by Gasteiger charge is 2.16. The molecule has 3 rings (SSSR count). The molecule has 0 aromatic heterocycles. The summed E-state index contributed by atoms with van der Waals surface area (Å²) in [5, 5.41) is 0.785. The van der Waals surface area contributed by atoms with Crippen LogP contribution in [0.3, 0.4) is 0 Å². The molecule has 1 fully saturated rings. The van der Waals surface area contributed by atoms with Crippen molar-refractivity contribution in [1.82, 2.24) is 0 Å². The molecule has 0 saturated carbocycles. The molecule has 0 radical (unpaired) electrons. The summed E-state index contributed by atoms with van der Waals surface area (Å²) in [4.78, 5) is 12.0. The molecule has 0 N–H and O–H groups in total. The van der Waals surface area contributed by atoms with E-state index in [1.165, 1.54) is 18.6 Å². The molecule has 1 aliphatic rings. The van der Waals surface area contributed by atoms with E-state index in [1.807, 2.05) is 64.1 Å². The Morgan fingerprint density at radius 3 is 2.42 bits per heavy atom. The van der Waals surface area contributed by atoms with Gasteiger partial charge in [0.15, 0.2) is 0 Å². The van der Waals surface area contributed by atoms with Gasteiger partial charge in [-0.05, 0) is 42.5 Å². The lowest BCUT2D eigenvalue weighted by atomic mass is 10.1. The number of hydrogen-bond acceptors (Lipinski definition) is 4. The minimum absolute atomic E-state index is 0.133. The van der Waals surface area contributed by atoms with E-state index in [9.17, 15) is 4.79 Å². The first-order valence-corrected chi connectivity index (χ1v) is 11.5. The number of hydrogen-bond donors (Lipinski definition) is 0. The van der Waals surface area contributed by atoms with Crippen LogP contribution in [0.25, 0.3) is 12.2 Å². The van der Waals surface area contributed by atoms with Crippen LogP contribution in [0, 0.1) is 0 Å². The molecule has 1 saturated heterocycles. The van der Waals surface area contributed by atoms with E-state index >= 15 is 0 Å². The Hall–Kier alpha value is -1.65. The van der Waals surface area contributed by atoms with Crippen molar-refractivity contribution in [3.63, 3.8) is 0 Å². The van der Waals surface area contributed by atoms with Gasteiger partial charge in [0.25, 0.3) is 0 Å². The van der Waals surface area contributed by atoms with E-state index in [2.05, 4.69) is 24.3 Å². The quantitative estimate of drug-likeness (QED) is 0.171. The molecule has 4 heteroatoms. The highest BCUT2D eigenvalue weighted by Crippen LogP contribution is 2.39. The molecule has 1 unspecified atom stereocenters. The fourth-order valence-corrected chi connectivity index (χ4v) is 5.82. The summed E-state index contributed by atoms with van der Waals surface area (Å²) < 4.78 is 5.43. The van der Waals surface area contributed by atoms with Crippen LogP contribution < -0.4 is 4.74 Å². The minimum Gasteiger partial charge on any atom is -0.427 e. The van der Waals surface area contributed by atoms with Gasteiger partial charge in [0.2, 0.25) is 0 Å². The number of carbonyl (C=O) groups excluding carboxylic acids is 1.